The molecule has 9 heteroatoms. The van der Waals surface area contributed by atoms with Gasteiger partial charge in [0.15, 0.2) is 6.67 Å². The maximum Gasteiger partial charge on any atom is 0.226 e. The molecule has 0 aliphatic rings. The summed E-state index contributed by atoms with van der Waals surface area (Å²) in [7, 11) is 6.18. The van der Waals surface area contributed by atoms with Crippen LogP contribution in [0.1, 0.15) is 0 Å². The van der Waals surface area contributed by atoms with Crippen LogP contribution in [0.25, 0.3) is 17.3 Å². The van der Waals surface area contributed by atoms with Crippen molar-refractivity contribution in [3.8, 4) is 17.3 Å². The van der Waals surface area contributed by atoms with E-state index in [1.165, 1.54) is 0 Å². The van der Waals surface area contributed by atoms with Gasteiger partial charge in [0.2, 0.25) is 11.6 Å². The quantitative estimate of drug-likeness (QED) is 0.626. The fourth-order valence-corrected chi connectivity index (χ4v) is 1.93. The van der Waals surface area contributed by atoms with E-state index in [0.717, 1.165) is 5.69 Å². The standard InChI is InChI=1S/C12H16N9/c1-21(2,3)9-19-11(13-15-17-19)12-14-16-18-20(12)10-7-5-4-6-8-10/h4-8H,9H2,1-3H3/q+1. The molecule has 0 saturated carbocycles. The Morgan fingerprint density at radius 1 is 0.905 bits per heavy atom. The molecule has 0 spiro atoms. The van der Waals surface area contributed by atoms with Crippen LogP contribution in [0.4, 0.5) is 0 Å². The van der Waals surface area contributed by atoms with Crippen molar-refractivity contribution in [1.29, 1.82) is 0 Å². The third-order valence-corrected chi connectivity index (χ3v) is 2.76. The van der Waals surface area contributed by atoms with E-state index in [-0.39, 0.29) is 0 Å². The third-order valence-electron chi connectivity index (χ3n) is 2.76. The van der Waals surface area contributed by atoms with E-state index >= 15 is 0 Å². The van der Waals surface area contributed by atoms with Gasteiger partial charge in [-0.2, -0.15) is 9.36 Å². The highest BCUT2D eigenvalue weighted by Crippen LogP contribution is 2.16. The maximum atomic E-state index is 4.06. The maximum absolute atomic E-state index is 4.06. The van der Waals surface area contributed by atoms with Crippen LogP contribution in [0.2, 0.25) is 0 Å². The highest BCUT2D eigenvalue weighted by molar-refractivity contribution is 5.47. The Morgan fingerprint density at radius 3 is 2.29 bits per heavy atom. The predicted molar refractivity (Wildman–Crippen MR) is 74.0 cm³/mol. The summed E-state index contributed by atoms with van der Waals surface area (Å²) in [6, 6.07) is 9.64. The molecule has 0 saturated heterocycles. The van der Waals surface area contributed by atoms with E-state index in [1.807, 2.05) is 30.3 Å². The summed E-state index contributed by atoms with van der Waals surface area (Å²) in [6.07, 6.45) is 0. The average Bonchev–Trinajstić information content (AvgIpc) is 3.06. The van der Waals surface area contributed by atoms with E-state index in [2.05, 4.69) is 52.2 Å². The van der Waals surface area contributed by atoms with Crippen LogP contribution in [0.3, 0.4) is 0 Å². The van der Waals surface area contributed by atoms with Crippen LogP contribution >= 0.6 is 0 Å². The zero-order valence-electron chi connectivity index (χ0n) is 12.1. The highest BCUT2D eigenvalue weighted by Gasteiger charge is 2.21. The molecule has 2 aromatic heterocycles. The van der Waals surface area contributed by atoms with Crippen molar-refractivity contribution >= 4 is 0 Å². The molecule has 0 amide bonds. The Morgan fingerprint density at radius 2 is 1.57 bits per heavy atom. The van der Waals surface area contributed by atoms with Crippen LogP contribution in [0.5, 0.6) is 0 Å². The molecule has 0 aliphatic carbocycles. The van der Waals surface area contributed by atoms with Gasteiger partial charge in [-0.15, -0.1) is 10.2 Å². The first-order chi connectivity index (χ1) is 10.0. The molecule has 1 aromatic carbocycles. The lowest BCUT2D eigenvalue weighted by Gasteiger charge is -2.23. The molecule has 108 valence electrons. The van der Waals surface area contributed by atoms with Crippen molar-refractivity contribution in [2.75, 3.05) is 21.1 Å². The molecule has 0 bridgehead atoms. The number of hydrogen-bond donors (Lipinski definition) is 0. The molecule has 0 N–H and O–H groups in total. The van der Waals surface area contributed by atoms with Crippen LogP contribution in [0.15, 0.2) is 30.3 Å². The topological polar surface area (TPSA) is 87.2 Å². The van der Waals surface area contributed by atoms with Crippen LogP contribution in [0, 0.1) is 0 Å². The number of quaternary nitrogens is 1. The SMILES string of the molecule is C[N+](C)(C)Cn1nnnc1-c1nnnn1-c1ccccc1. The normalized spacial score (nSPS) is 11.8. The minimum absolute atomic E-state index is 0.514. The van der Waals surface area contributed by atoms with Crippen molar-refractivity contribution in [3.63, 3.8) is 0 Å². The smallest absolute Gasteiger partial charge is 0.226 e. The number of hydrogen-bond acceptors (Lipinski definition) is 6. The summed E-state index contributed by atoms with van der Waals surface area (Å²) in [5.41, 5.74) is 0.859. The summed E-state index contributed by atoms with van der Waals surface area (Å²) in [4.78, 5) is 0. The Balaban J connectivity index is 2.04. The molecule has 3 rings (SSSR count). The van der Waals surface area contributed by atoms with Crippen LogP contribution < -0.4 is 0 Å². The van der Waals surface area contributed by atoms with Crippen molar-refractivity contribution in [2.24, 2.45) is 0 Å². The molecule has 9 nitrogen and oxygen atoms in total. The Labute approximate surface area is 121 Å². The van der Waals surface area contributed by atoms with E-state index in [9.17, 15) is 0 Å². The number of aromatic nitrogens is 8. The minimum Gasteiger partial charge on any atom is -0.312 e. The molecule has 0 aliphatic heterocycles. The van der Waals surface area contributed by atoms with Gasteiger partial charge in [-0.25, -0.2) is 0 Å². The molecule has 2 heterocycles. The number of nitrogens with zero attached hydrogens (tertiary/aromatic N) is 9. The summed E-state index contributed by atoms with van der Waals surface area (Å²) in [5, 5.41) is 23.6. The number of rotatable bonds is 4. The molecule has 0 fully saturated rings. The van der Waals surface area contributed by atoms with Gasteiger partial charge in [0.1, 0.15) is 0 Å². The zero-order chi connectivity index (χ0) is 14.9. The summed E-state index contributed by atoms with van der Waals surface area (Å²) >= 11 is 0. The lowest BCUT2D eigenvalue weighted by Crippen LogP contribution is -2.37. The molecule has 3 aromatic rings. The van der Waals surface area contributed by atoms with Crippen molar-refractivity contribution in [3.05, 3.63) is 30.3 Å². The Bertz CT molecular complexity index is 723. The number of tetrazole rings is 2. The minimum atomic E-state index is 0.514. The first-order valence-electron chi connectivity index (χ1n) is 6.45. The van der Waals surface area contributed by atoms with Crippen LogP contribution in [-0.4, -0.2) is 66.0 Å². The third kappa shape index (κ3) is 2.77. The second-order valence-electron chi connectivity index (χ2n) is 5.68. The van der Waals surface area contributed by atoms with E-state index in [4.69, 9.17) is 0 Å². The fraction of sp³-hybridized carbons (Fsp3) is 0.333. The van der Waals surface area contributed by atoms with Gasteiger partial charge in [0.05, 0.1) is 26.8 Å². The largest absolute Gasteiger partial charge is 0.312 e. The van der Waals surface area contributed by atoms with Gasteiger partial charge >= 0.3 is 0 Å². The lowest BCUT2D eigenvalue weighted by molar-refractivity contribution is -0.893. The first-order valence-corrected chi connectivity index (χ1v) is 6.45. The fourth-order valence-electron chi connectivity index (χ4n) is 1.93. The molecule has 0 unspecified atom stereocenters. The zero-order valence-corrected chi connectivity index (χ0v) is 12.1. The van der Waals surface area contributed by atoms with Gasteiger partial charge in [0.25, 0.3) is 0 Å². The van der Waals surface area contributed by atoms with Crippen molar-refractivity contribution in [2.45, 2.75) is 6.67 Å². The summed E-state index contributed by atoms with van der Waals surface area (Å²) in [6.45, 7) is 0.615. The van der Waals surface area contributed by atoms with Crippen LogP contribution in [-0.2, 0) is 6.67 Å². The van der Waals surface area contributed by atoms with E-state index in [0.29, 0.717) is 22.8 Å². The van der Waals surface area contributed by atoms with Gasteiger partial charge < -0.3 is 4.48 Å². The number of benzene rings is 1. The van der Waals surface area contributed by atoms with Gasteiger partial charge in [-0.05, 0) is 33.0 Å². The highest BCUT2D eigenvalue weighted by atomic mass is 15.6. The second kappa shape index (κ2) is 5.02. The molecular formula is C12H16N9+. The van der Waals surface area contributed by atoms with Gasteiger partial charge in [-0.1, -0.05) is 18.2 Å². The first kappa shape index (κ1) is 13.3. The van der Waals surface area contributed by atoms with Crippen molar-refractivity contribution < 1.29 is 4.48 Å². The second-order valence-corrected chi connectivity index (χ2v) is 5.68. The molecule has 0 radical (unpaired) electrons. The summed E-state index contributed by atoms with van der Waals surface area (Å²) < 4.78 is 4.01. The van der Waals surface area contributed by atoms with Gasteiger partial charge in [0, 0.05) is 0 Å². The Hall–Kier alpha value is -2.68. The predicted octanol–water partition coefficient (Wildman–Crippen LogP) is -0.0205. The monoisotopic (exact) mass is 286 g/mol. The van der Waals surface area contributed by atoms with Gasteiger partial charge in [-0.3, -0.25) is 0 Å². The number of para-hydroxylation sites is 1. The van der Waals surface area contributed by atoms with Crippen molar-refractivity contribution in [1.82, 2.24) is 40.4 Å². The lowest BCUT2D eigenvalue weighted by atomic mass is 10.3. The van der Waals surface area contributed by atoms with E-state index < -0.39 is 0 Å². The molecule has 0 atom stereocenters. The molecular weight excluding hydrogens is 270 g/mol. The average molecular weight is 286 g/mol. The molecule has 21 heavy (non-hydrogen) atoms. The van der Waals surface area contributed by atoms with E-state index in [1.54, 1.807) is 9.36 Å². The summed E-state index contributed by atoms with van der Waals surface area (Å²) in [5.74, 6) is 1.05. The Kier molecular flexibility index (Phi) is 3.18.